The monoisotopic (exact) mass is 359 g/mol. The van der Waals surface area contributed by atoms with Gasteiger partial charge in [0.2, 0.25) is 0 Å². The summed E-state index contributed by atoms with van der Waals surface area (Å²) in [7, 11) is 0. The van der Waals surface area contributed by atoms with Gasteiger partial charge in [-0.25, -0.2) is 0 Å². The Labute approximate surface area is 159 Å². The molecular formula is C22H37N3O. The molecule has 0 atom stereocenters. The summed E-state index contributed by atoms with van der Waals surface area (Å²) in [6.07, 6.45) is 6.91. The molecule has 0 radical (unpaired) electrons. The van der Waals surface area contributed by atoms with Gasteiger partial charge in [0.1, 0.15) is 0 Å². The van der Waals surface area contributed by atoms with Gasteiger partial charge in [-0.1, -0.05) is 40.5 Å². The van der Waals surface area contributed by atoms with Crippen molar-refractivity contribution in [1.29, 1.82) is 0 Å². The third-order valence-electron chi connectivity index (χ3n) is 4.99. The first-order valence-corrected chi connectivity index (χ1v) is 10.4. The first-order chi connectivity index (χ1) is 12.4. The van der Waals surface area contributed by atoms with Crippen molar-refractivity contribution in [3.05, 3.63) is 23.8 Å². The van der Waals surface area contributed by atoms with E-state index in [9.17, 15) is 4.79 Å². The number of hydrogen-bond donors (Lipinski definition) is 3. The predicted octanol–water partition coefficient (Wildman–Crippen LogP) is 5.28. The Balaban J connectivity index is 2.05. The number of nitrogens with one attached hydrogen (secondary N) is 3. The Kier molecular flexibility index (Phi) is 8.27. The number of benzene rings is 1. The molecule has 0 heterocycles. The minimum absolute atomic E-state index is 0.0521. The second-order valence-electron chi connectivity index (χ2n) is 8.47. The molecule has 4 nitrogen and oxygen atoms in total. The molecule has 1 aliphatic rings. The molecule has 4 heteroatoms. The van der Waals surface area contributed by atoms with E-state index in [0.717, 1.165) is 55.7 Å². The van der Waals surface area contributed by atoms with Gasteiger partial charge in [-0.15, -0.1) is 0 Å². The number of rotatable bonds is 10. The molecule has 3 N–H and O–H groups in total. The first-order valence-electron chi connectivity index (χ1n) is 10.4. The molecule has 1 aromatic carbocycles. The molecule has 1 aliphatic carbocycles. The minimum atomic E-state index is 0.0521. The molecule has 1 amide bonds. The van der Waals surface area contributed by atoms with Crippen LogP contribution in [0, 0.1) is 11.8 Å². The minimum Gasteiger partial charge on any atom is -0.385 e. The zero-order valence-electron chi connectivity index (χ0n) is 17.0. The van der Waals surface area contributed by atoms with Crippen LogP contribution in [-0.4, -0.2) is 25.0 Å². The zero-order chi connectivity index (χ0) is 18.9. The van der Waals surface area contributed by atoms with E-state index in [1.807, 2.05) is 12.1 Å². The van der Waals surface area contributed by atoms with Gasteiger partial charge in [0.25, 0.3) is 5.91 Å². The molecule has 1 saturated carbocycles. The molecule has 0 unspecified atom stereocenters. The topological polar surface area (TPSA) is 53.2 Å². The molecule has 0 bridgehead atoms. The van der Waals surface area contributed by atoms with Crippen LogP contribution in [0.25, 0.3) is 0 Å². The number of amides is 1. The van der Waals surface area contributed by atoms with Gasteiger partial charge in [0.05, 0.1) is 0 Å². The van der Waals surface area contributed by atoms with E-state index in [-0.39, 0.29) is 5.91 Å². The Morgan fingerprint density at radius 3 is 1.88 bits per heavy atom. The van der Waals surface area contributed by atoms with Crippen molar-refractivity contribution in [2.45, 2.75) is 72.3 Å². The predicted molar refractivity (Wildman–Crippen MR) is 112 cm³/mol. The van der Waals surface area contributed by atoms with Crippen LogP contribution in [0.3, 0.4) is 0 Å². The van der Waals surface area contributed by atoms with Gasteiger partial charge in [-0.05, 0) is 55.7 Å². The molecule has 0 saturated heterocycles. The van der Waals surface area contributed by atoms with Gasteiger partial charge < -0.3 is 16.0 Å². The average Bonchev–Trinajstić information content (AvgIpc) is 3.07. The summed E-state index contributed by atoms with van der Waals surface area (Å²) in [5.74, 6) is 1.39. The average molecular weight is 360 g/mol. The van der Waals surface area contributed by atoms with Crippen LogP contribution < -0.4 is 16.0 Å². The molecule has 0 aromatic heterocycles. The first kappa shape index (κ1) is 20.6. The standard InChI is InChI=1S/C22H37N3O/c1-16(2)9-11-23-20-13-18(22(26)25-19-7-5-6-8-19)14-21(15-20)24-12-10-17(3)4/h13-17,19,23-24H,5-12H2,1-4H3,(H,25,26). The van der Waals surface area contributed by atoms with Crippen molar-refractivity contribution in [2.75, 3.05) is 23.7 Å². The van der Waals surface area contributed by atoms with E-state index < -0.39 is 0 Å². The number of hydrogen-bond acceptors (Lipinski definition) is 3. The third kappa shape index (κ3) is 7.27. The molecule has 2 rings (SSSR count). The van der Waals surface area contributed by atoms with Crippen LogP contribution in [0.2, 0.25) is 0 Å². The summed E-state index contributed by atoms with van der Waals surface area (Å²) < 4.78 is 0. The fourth-order valence-electron chi connectivity index (χ4n) is 3.31. The third-order valence-corrected chi connectivity index (χ3v) is 4.99. The number of carbonyl (C=O) groups is 1. The smallest absolute Gasteiger partial charge is 0.251 e. The SMILES string of the molecule is CC(C)CCNc1cc(NCCC(C)C)cc(C(=O)NC2CCCC2)c1. The molecule has 0 aliphatic heterocycles. The summed E-state index contributed by atoms with van der Waals surface area (Å²) in [6.45, 7) is 10.8. The summed E-state index contributed by atoms with van der Waals surface area (Å²) in [5.41, 5.74) is 2.80. The lowest BCUT2D eigenvalue weighted by Crippen LogP contribution is -2.32. The van der Waals surface area contributed by atoms with Gasteiger partial charge in [0.15, 0.2) is 0 Å². The molecule has 0 spiro atoms. The lowest BCUT2D eigenvalue weighted by atomic mass is 10.1. The van der Waals surface area contributed by atoms with Crippen LogP contribution in [0.15, 0.2) is 18.2 Å². The van der Waals surface area contributed by atoms with Crippen molar-refractivity contribution in [2.24, 2.45) is 11.8 Å². The van der Waals surface area contributed by atoms with Gasteiger partial charge >= 0.3 is 0 Å². The number of carbonyl (C=O) groups excluding carboxylic acids is 1. The van der Waals surface area contributed by atoms with E-state index in [2.05, 4.69) is 49.7 Å². The van der Waals surface area contributed by atoms with Crippen LogP contribution in [0.1, 0.15) is 76.6 Å². The van der Waals surface area contributed by atoms with Crippen molar-refractivity contribution in [1.82, 2.24) is 5.32 Å². The van der Waals surface area contributed by atoms with Crippen molar-refractivity contribution in [3.63, 3.8) is 0 Å². The molecule has 146 valence electrons. The van der Waals surface area contributed by atoms with E-state index in [1.54, 1.807) is 0 Å². The van der Waals surface area contributed by atoms with Crippen LogP contribution in [0.4, 0.5) is 11.4 Å². The van der Waals surface area contributed by atoms with Gasteiger partial charge in [-0.3, -0.25) is 4.79 Å². The van der Waals surface area contributed by atoms with Crippen LogP contribution in [-0.2, 0) is 0 Å². The zero-order valence-corrected chi connectivity index (χ0v) is 17.0. The summed E-state index contributed by atoms with van der Waals surface area (Å²) >= 11 is 0. The summed E-state index contributed by atoms with van der Waals surface area (Å²) in [4.78, 5) is 12.7. The molecule has 26 heavy (non-hydrogen) atoms. The van der Waals surface area contributed by atoms with E-state index in [1.165, 1.54) is 12.8 Å². The van der Waals surface area contributed by atoms with E-state index in [0.29, 0.717) is 17.9 Å². The highest BCUT2D eigenvalue weighted by Crippen LogP contribution is 2.22. The lowest BCUT2D eigenvalue weighted by Gasteiger charge is -2.16. The van der Waals surface area contributed by atoms with Crippen LogP contribution in [0.5, 0.6) is 0 Å². The second kappa shape index (κ2) is 10.4. The maximum atomic E-state index is 12.7. The Hall–Kier alpha value is -1.71. The fraction of sp³-hybridized carbons (Fsp3) is 0.682. The highest BCUT2D eigenvalue weighted by molar-refractivity contribution is 5.96. The van der Waals surface area contributed by atoms with E-state index >= 15 is 0 Å². The van der Waals surface area contributed by atoms with Crippen molar-refractivity contribution < 1.29 is 4.79 Å². The summed E-state index contributed by atoms with van der Waals surface area (Å²) in [6, 6.07) is 6.43. The highest BCUT2D eigenvalue weighted by Gasteiger charge is 2.18. The lowest BCUT2D eigenvalue weighted by molar-refractivity contribution is 0.0938. The second-order valence-corrected chi connectivity index (χ2v) is 8.47. The molecule has 1 fully saturated rings. The maximum absolute atomic E-state index is 12.7. The van der Waals surface area contributed by atoms with Gasteiger partial charge in [0, 0.05) is 36.1 Å². The Morgan fingerprint density at radius 2 is 1.42 bits per heavy atom. The highest BCUT2D eigenvalue weighted by atomic mass is 16.1. The Morgan fingerprint density at radius 1 is 0.923 bits per heavy atom. The maximum Gasteiger partial charge on any atom is 0.251 e. The number of anilines is 2. The van der Waals surface area contributed by atoms with Gasteiger partial charge in [-0.2, -0.15) is 0 Å². The Bertz CT molecular complexity index is 530. The van der Waals surface area contributed by atoms with Crippen LogP contribution >= 0.6 is 0 Å². The normalized spacial score (nSPS) is 14.8. The molecule has 1 aromatic rings. The largest absolute Gasteiger partial charge is 0.385 e. The summed E-state index contributed by atoms with van der Waals surface area (Å²) in [5, 5.41) is 10.2. The fourth-order valence-corrected chi connectivity index (χ4v) is 3.31. The van der Waals surface area contributed by atoms with Crippen molar-refractivity contribution in [3.8, 4) is 0 Å². The molecular weight excluding hydrogens is 322 g/mol. The van der Waals surface area contributed by atoms with Crippen molar-refractivity contribution >= 4 is 17.3 Å². The van der Waals surface area contributed by atoms with E-state index in [4.69, 9.17) is 0 Å². The quantitative estimate of drug-likeness (QED) is 0.533.